The van der Waals surface area contributed by atoms with E-state index in [0.29, 0.717) is 32.6 Å². The molecule has 0 aliphatic carbocycles. The van der Waals surface area contributed by atoms with Gasteiger partial charge in [0.05, 0.1) is 5.54 Å². The van der Waals surface area contributed by atoms with Crippen molar-refractivity contribution in [1.29, 1.82) is 0 Å². The number of halogens is 3. The number of nitrogens with zero attached hydrogens (tertiary/aromatic N) is 2. The van der Waals surface area contributed by atoms with Gasteiger partial charge in [-0.15, -0.1) is 37.2 Å². The van der Waals surface area contributed by atoms with Gasteiger partial charge in [-0.05, 0) is 18.4 Å². The lowest BCUT2D eigenvalue weighted by Gasteiger charge is -2.35. The first-order valence-electron chi connectivity index (χ1n) is 9.29. The molecule has 1 amide bonds. The van der Waals surface area contributed by atoms with Crippen molar-refractivity contribution in [3.63, 3.8) is 0 Å². The van der Waals surface area contributed by atoms with Gasteiger partial charge in [-0.25, -0.2) is 0 Å². The Kier molecular flexibility index (Phi) is 13.3. The number of benzene rings is 1. The number of carbonyl (C=O) groups is 1. The van der Waals surface area contributed by atoms with Crippen LogP contribution in [0.3, 0.4) is 0 Å². The lowest BCUT2D eigenvalue weighted by Crippen LogP contribution is -2.58. The van der Waals surface area contributed by atoms with Gasteiger partial charge >= 0.3 is 0 Å². The SMILES string of the molecule is Cl.Cl.Cl.NC1(C(=O)NCCN2CCN(Cc3ccccc3)CC2)CCOCC1. The van der Waals surface area contributed by atoms with Crippen molar-refractivity contribution in [2.75, 3.05) is 52.5 Å². The second-order valence-corrected chi connectivity index (χ2v) is 7.13. The van der Waals surface area contributed by atoms with Crippen LogP contribution in [0.25, 0.3) is 0 Å². The van der Waals surface area contributed by atoms with E-state index in [1.807, 2.05) is 0 Å². The molecule has 3 rings (SSSR count). The van der Waals surface area contributed by atoms with E-state index in [9.17, 15) is 4.79 Å². The molecule has 0 atom stereocenters. The fourth-order valence-corrected chi connectivity index (χ4v) is 3.48. The first-order chi connectivity index (χ1) is 12.2. The summed E-state index contributed by atoms with van der Waals surface area (Å²) in [6, 6.07) is 10.6. The number of hydrogen-bond donors (Lipinski definition) is 2. The number of rotatable bonds is 6. The van der Waals surface area contributed by atoms with E-state index in [1.54, 1.807) is 0 Å². The highest BCUT2D eigenvalue weighted by Gasteiger charge is 2.35. The topological polar surface area (TPSA) is 70.8 Å². The number of ether oxygens (including phenoxy) is 1. The van der Waals surface area contributed by atoms with Crippen molar-refractivity contribution in [2.24, 2.45) is 5.73 Å². The van der Waals surface area contributed by atoms with Crippen molar-refractivity contribution in [3.05, 3.63) is 35.9 Å². The molecule has 6 nitrogen and oxygen atoms in total. The standard InChI is InChI=1S/C19H30N4O2.3ClH/c20-19(6-14-25-15-7-19)18(24)21-8-9-22-10-12-23(13-11-22)16-17-4-2-1-3-5-17;;;/h1-5H,6-16,20H2,(H,21,24);3*1H. The highest BCUT2D eigenvalue weighted by atomic mass is 35.5. The van der Waals surface area contributed by atoms with Gasteiger partial charge in [0.2, 0.25) is 5.91 Å². The summed E-state index contributed by atoms with van der Waals surface area (Å²) in [6.45, 7) is 7.95. The van der Waals surface area contributed by atoms with Crippen LogP contribution in [0.2, 0.25) is 0 Å². The molecule has 0 saturated carbocycles. The minimum atomic E-state index is -0.743. The van der Waals surface area contributed by atoms with Crippen molar-refractivity contribution >= 4 is 43.1 Å². The molecule has 9 heteroatoms. The molecular formula is C19H33Cl3N4O2. The number of amides is 1. The number of nitrogens with one attached hydrogen (secondary N) is 1. The third-order valence-corrected chi connectivity index (χ3v) is 5.26. The summed E-state index contributed by atoms with van der Waals surface area (Å²) in [5, 5.41) is 3.02. The Bertz CT molecular complexity index is 551. The maximum absolute atomic E-state index is 12.3. The summed E-state index contributed by atoms with van der Waals surface area (Å²) in [4.78, 5) is 17.2. The molecule has 2 aliphatic heterocycles. The summed E-state index contributed by atoms with van der Waals surface area (Å²) < 4.78 is 5.29. The molecule has 0 radical (unpaired) electrons. The van der Waals surface area contributed by atoms with E-state index in [4.69, 9.17) is 10.5 Å². The van der Waals surface area contributed by atoms with Crippen molar-refractivity contribution in [3.8, 4) is 0 Å². The van der Waals surface area contributed by atoms with Crippen LogP contribution in [0.1, 0.15) is 18.4 Å². The smallest absolute Gasteiger partial charge is 0.240 e. The Hall–Kier alpha value is -0.600. The van der Waals surface area contributed by atoms with Crippen molar-refractivity contribution in [2.45, 2.75) is 24.9 Å². The highest BCUT2D eigenvalue weighted by Crippen LogP contribution is 2.17. The predicted molar refractivity (Wildman–Crippen MR) is 120 cm³/mol. The van der Waals surface area contributed by atoms with Gasteiger partial charge in [0.1, 0.15) is 0 Å². The van der Waals surface area contributed by atoms with E-state index in [2.05, 4.69) is 45.4 Å². The number of nitrogens with two attached hydrogens (primary N) is 1. The van der Waals surface area contributed by atoms with Crippen LogP contribution in [0, 0.1) is 0 Å². The Morgan fingerprint density at radius 3 is 2.18 bits per heavy atom. The molecule has 1 aromatic rings. The molecule has 2 saturated heterocycles. The molecule has 0 bridgehead atoms. The van der Waals surface area contributed by atoms with Crippen LogP contribution in [0.4, 0.5) is 0 Å². The average molecular weight is 456 g/mol. The summed E-state index contributed by atoms with van der Waals surface area (Å²) in [7, 11) is 0. The molecule has 3 N–H and O–H groups in total. The fourth-order valence-electron chi connectivity index (χ4n) is 3.48. The normalized spacial score (nSPS) is 19.5. The van der Waals surface area contributed by atoms with Gasteiger partial charge in [-0.2, -0.15) is 0 Å². The van der Waals surface area contributed by atoms with E-state index in [0.717, 1.165) is 39.3 Å². The monoisotopic (exact) mass is 454 g/mol. The molecule has 28 heavy (non-hydrogen) atoms. The van der Waals surface area contributed by atoms with Crippen LogP contribution in [-0.2, 0) is 16.1 Å². The Morgan fingerprint density at radius 1 is 1.00 bits per heavy atom. The van der Waals surface area contributed by atoms with Gasteiger partial charge in [0, 0.05) is 59.0 Å². The van der Waals surface area contributed by atoms with Crippen molar-refractivity contribution in [1.82, 2.24) is 15.1 Å². The molecule has 162 valence electrons. The highest BCUT2D eigenvalue weighted by molar-refractivity contribution is 5.86. The zero-order valence-electron chi connectivity index (χ0n) is 16.2. The minimum Gasteiger partial charge on any atom is -0.381 e. The maximum Gasteiger partial charge on any atom is 0.240 e. The Balaban J connectivity index is 0.00000243. The predicted octanol–water partition coefficient (Wildman–Crippen LogP) is 1.69. The molecule has 2 aliphatic rings. The van der Waals surface area contributed by atoms with Gasteiger partial charge < -0.3 is 15.8 Å². The van der Waals surface area contributed by atoms with Gasteiger partial charge in [-0.3, -0.25) is 14.6 Å². The van der Waals surface area contributed by atoms with E-state index in [1.165, 1.54) is 5.56 Å². The lowest BCUT2D eigenvalue weighted by atomic mass is 9.90. The molecule has 1 aromatic carbocycles. The minimum absolute atomic E-state index is 0. The Morgan fingerprint density at radius 2 is 1.57 bits per heavy atom. The molecule has 2 fully saturated rings. The van der Waals surface area contributed by atoms with Gasteiger partial charge in [0.15, 0.2) is 0 Å². The van der Waals surface area contributed by atoms with E-state index in [-0.39, 0.29) is 43.1 Å². The van der Waals surface area contributed by atoms with Crippen LogP contribution in [0.5, 0.6) is 0 Å². The molecule has 0 spiro atoms. The summed E-state index contributed by atoms with van der Waals surface area (Å²) in [6.07, 6.45) is 1.22. The van der Waals surface area contributed by atoms with Crippen LogP contribution in [-0.4, -0.2) is 73.7 Å². The molecular weight excluding hydrogens is 423 g/mol. The zero-order chi connectivity index (χ0) is 17.5. The summed E-state index contributed by atoms with van der Waals surface area (Å²) >= 11 is 0. The number of hydrogen-bond acceptors (Lipinski definition) is 5. The first-order valence-corrected chi connectivity index (χ1v) is 9.29. The van der Waals surface area contributed by atoms with Crippen LogP contribution >= 0.6 is 37.2 Å². The van der Waals surface area contributed by atoms with Crippen molar-refractivity contribution < 1.29 is 9.53 Å². The maximum atomic E-state index is 12.3. The Labute approximate surface area is 186 Å². The number of piperazine rings is 1. The second-order valence-electron chi connectivity index (χ2n) is 7.13. The fraction of sp³-hybridized carbons (Fsp3) is 0.632. The van der Waals surface area contributed by atoms with E-state index < -0.39 is 5.54 Å². The van der Waals surface area contributed by atoms with Gasteiger partial charge in [0.25, 0.3) is 0 Å². The summed E-state index contributed by atoms with van der Waals surface area (Å²) in [5.74, 6) is -0.0292. The third-order valence-electron chi connectivity index (χ3n) is 5.26. The average Bonchev–Trinajstić information content (AvgIpc) is 2.64. The number of carbonyl (C=O) groups excluding carboxylic acids is 1. The molecule has 0 aromatic heterocycles. The third kappa shape index (κ3) is 8.03. The van der Waals surface area contributed by atoms with Gasteiger partial charge in [-0.1, -0.05) is 30.3 Å². The van der Waals surface area contributed by atoms with Crippen LogP contribution < -0.4 is 11.1 Å². The van der Waals surface area contributed by atoms with E-state index >= 15 is 0 Å². The first kappa shape index (κ1) is 27.4. The largest absolute Gasteiger partial charge is 0.381 e. The molecule has 2 heterocycles. The lowest BCUT2D eigenvalue weighted by molar-refractivity contribution is -0.129. The quantitative estimate of drug-likeness (QED) is 0.683. The molecule has 0 unspecified atom stereocenters. The zero-order valence-corrected chi connectivity index (χ0v) is 18.6. The van der Waals surface area contributed by atoms with Crippen LogP contribution in [0.15, 0.2) is 30.3 Å². The summed E-state index contributed by atoms with van der Waals surface area (Å²) in [5.41, 5.74) is 6.83. The second kappa shape index (κ2) is 13.6.